The lowest BCUT2D eigenvalue weighted by molar-refractivity contribution is -0.118. The highest BCUT2D eigenvalue weighted by atomic mass is 16.1. The average molecular weight is 345 g/mol. The van der Waals surface area contributed by atoms with Gasteiger partial charge >= 0.3 is 0 Å². The summed E-state index contributed by atoms with van der Waals surface area (Å²) in [6.45, 7) is 2.26. The topological polar surface area (TPSA) is 34.1 Å². The number of unbranched alkanes of at least 4 members (excludes halogenated alkanes) is 11. The molecule has 0 spiro atoms. The lowest BCUT2D eigenvalue weighted by Crippen LogP contribution is -2.07. The number of ketones is 2. The molecule has 0 bridgehead atoms. The molecule has 0 radical (unpaired) electrons. The molecule has 2 heteroatoms. The number of benzene rings is 1. The van der Waals surface area contributed by atoms with Crippen molar-refractivity contribution in [1.82, 2.24) is 0 Å². The van der Waals surface area contributed by atoms with Crippen LogP contribution in [0.4, 0.5) is 0 Å². The third-order valence-corrected chi connectivity index (χ3v) is 4.76. The minimum Gasteiger partial charge on any atom is -0.299 e. The molecule has 0 N–H and O–H groups in total. The lowest BCUT2D eigenvalue weighted by Gasteiger charge is -2.03. The second-order valence-electron chi connectivity index (χ2n) is 7.14. The standard InChI is InChI=1S/C23H36O2/c1-2-3-4-5-6-7-8-9-10-11-12-16-19-22(24)20-23(25)21-17-14-13-15-18-21/h13-15,17-18H,2-12,16,19-20H2,1H3. The Kier molecular flexibility index (Phi) is 12.8. The lowest BCUT2D eigenvalue weighted by atomic mass is 10.0. The SMILES string of the molecule is CCCCCCCCCCCCCCC(=O)CC(=O)c1ccccc1. The molecule has 0 amide bonds. The molecular weight excluding hydrogens is 308 g/mol. The fourth-order valence-corrected chi connectivity index (χ4v) is 3.16. The van der Waals surface area contributed by atoms with E-state index in [4.69, 9.17) is 0 Å². The van der Waals surface area contributed by atoms with Gasteiger partial charge in [0.05, 0.1) is 6.42 Å². The fraction of sp³-hybridized carbons (Fsp3) is 0.652. The first-order valence-electron chi connectivity index (χ1n) is 10.3. The summed E-state index contributed by atoms with van der Waals surface area (Å²) in [4.78, 5) is 23.8. The molecule has 0 atom stereocenters. The van der Waals surface area contributed by atoms with Gasteiger partial charge in [-0.25, -0.2) is 0 Å². The van der Waals surface area contributed by atoms with Crippen molar-refractivity contribution < 1.29 is 9.59 Å². The maximum Gasteiger partial charge on any atom is 0.170 e. The number of Topliss-reactive ketones (excluding diaryl/α,β-unsaturated/α-hetero) is 2. The van der Waals surface area contributed by atoms with E-state index < -0.39 is 0 Å². The average Bonchev–Trinajstić information content (AvgIpc) is 2.63. The first-order valence-corrected chi connectivity index (χ1v) is 10.3. The minimum atomic E-state index is -0.0514. The second-order valence-corrected chi connectivity index (χ2v) is 7.14. The molecule has 0 fully saturated rings. The highest BCUT2D eigenvalue weighted by Crippen LogP contribution is 2.13. The zero-order valence-electron chi connectivity index (χ0n) is 16.1. The summed E-state index contributed by atoms with van der Waals surface area (Å²) in [6, 6.07) is 9.11. The van der Waals surface area contributed by atoms with Crippen LogP contribution in [0, 0.1) is 0 Å². The van der Waals surface area contributed by atoms with Crippen LogP contribution in [0.15, 0.2) is 30.3 Å². The zero-order valence-corrected chi connectivity index (χ0v) is 16.1. The molecule has 0 saturated carbocycles. The highest BCUT2D eigenvalue weighted by Gasteiger charge is 2.10. The molecule has 0 unspecified atom stereocenters. The van der Waals surface area contributed by atoms with Crippen molar-refractivity contribution in [3.8, 4) is 0 Å². The van der Waals surface area contributed by atoms with Crippen LogP contribution in [0.5, 0.6) is 0 Å². The summed E-state index contributed by atoms with van der Waals surface area (Å²) in [7, 11) is 0. The van der Waals surface area contributed by atoms with Crippen molar-refractivity contribution in [3.63, 3.8) is 0 Å². The van der Waals surface area contributed by atoms with Crippen LogP contribution in [-0.4, -0.2) is 11.6 Å². The third kappa shape index (κ3) is 11.7. The Morgan fingerprint density at radius 1 is 0.680 bits per heavy atom. The number of hydrogen-bond donors (Lipinski definition) is 0. The summed E-state index contributed by atoms with van der Waals surface area (Å²) in [5, 5.41) is 0. The van der Waals surface area contributed by atoms with Crippen molar-refractivity contribution in [1.29, 1.82) is 0 Å². The van der Waals surface area contributed by atoms with E-state index in [0.29, 0.717) is 12.0 Å². The molecule has 140 valence electrons. The predicted octanol–water partition coefficient (Wildman–Crippen LogP) is 6.92. The van der Waals surface area contributed by atoms with Gasteiger partial charge in [0.15, 0.2) is 5.78 Å². The zero-order chi connectivity index (χ0) is 18.2. The van der Waals surface area contributed by atoms with E-state index in [1.807, 2.05) is 18.2 Å². The maximum absolute atomic E-state index is 12.0. The Hall–Kier alpha value is -1.44. The molecule has 1 rings (SSSR count). The van der Waals surface area contributed by atoms with Crippen LogP contribution in [0.1, 0.15) is 107 Å². The van der Waals surface area contributed by atoms with E-state index >= 15 is 0 Å². The van der Waals surface area contributed by atoms with Gasteiger partial charge < -0.3 is 0 Å². The van der Waals surface area contributed by atoms with Gasteiger partial charge in [-0.2, -0.15) is 0 Å². The van der Waals surface area contributed by atoms with E-state index in [1.165, 1.54) is 64.2 Å². The van der Waals surface area contributed by atoms with E-state index in [-0.39, 0.29) is 18.0 Å². The minimum absolute atomic E-state index is 0.0514. The van der Waals surface area contributed by atoms with Crippen molar-refractivity contribution in [2.45, 2.75) is 96.8 Å². The Morgan fingerprint density at radius 2 is 1.16 bits per heavy atom. The largest absolute Gasteiger partial charge is 0.299 e. The molecule has 0 aliphatic carbocycles. The summed E-state index contributed by atoms with van der Waals surface area (Å²) in [5.41, 5.74) is 0.644. The van der Waals surface area contributed by atoms with Gasteiger partial charge in [0.2, 0.25) is 0 Å². The summed E-state index contributed by atoms with van der Waals surface area (Å²) >= 11 is 0. The number of carbonyl (C=O) groups is 2. The first kappa shape index (κ1) is 21.6. The summed E-state index contributed by atoms with van der Waals surface area (Å²) in [6.07, 6.45) is 16.1. The number of rotatable bonds is 16. The Balaban J connectivity index is 1.91. The number of hydrogen-bond acceptors (Lipinski definition) is 2. The normalized spacial score (nSPS) is 10.8. The van der Waals surface area contributed by atoms with E-state index in [2.05, 4.69) is 6.92 Å². The molecule has 1 aromatic carbocycles. The predicted molar refractivity (Wildman–Crippen MR) is 106 cm³/mol. The van der Waals surface area contributed by atoms with Crippen molar-refractivity contribution in [2.24, 2.45) is 0 Å². The molecule has 0 aliphatic heterocycles. The molecule has 0 aliphatic rings. The van der Waals surface area contributed by atoms with Gasteiger partial charge in [0.1, 0.15) is 5.78 Å². The summed E-state index contributed by atoms with van der Waals surface area (Å²) < 4.78 is 0. The smallest absolute Gasteiger partial charge is 0.170 e. The van der Waals surface area contributed by atoms with Crippen LogP contribution < -0.4 is 0 Å². The van der Waals surface area contributed by atoms with Crippen LogP contribution in [-0.2, 0) is 4.79 Å². The molecule has 25 heavy (non-hydrogen) atoms. The van der Waals surface area contributed by atoms with Crippen molar-refractivity contribution in [3.05, 3.63) is 35.9 Å². The van der Waals surface area contributed by atoms with Crippen molar-refractivity contribution in [2.75, 3.05) is 0 Å². The van der Waals surface area contributed by atoms with E-state index in [1.54, 1.807) is 12.1 Å². The van der Waals surface area contributed by atoms with Crippen LogP contribution in [0.3, 0.4) is 0 Å². The Bertz CT molecular complexity index is 464. The molecule has 0 heterocycles. The molecule has 2 nitrogen and oxygen atoms in total. The maximum atomic E-state index is 12.0. The van der Waals surface area contributed by atoms with Gasteiger partial charge in [-0.3, -0.25) is 9.59 Å². The highest BCUT2D eigenvalue weighted by molar-refractivity contribution is 6.07. The molecule has 1 aromatic rings. The summed E-state index contributed by atoms with van der Waals surface area (Å²) in [5.74, 6) is 0.0328. The van der Waals surface area contributed by atoms with Crippen LogP contribution in [0.2, 0.25) is 0 Å². The second kappa shape index (κ2) is 14.9. The van der Waals surface area contributed by atoms with Gasteiger partial charge in [-0.05, 0) is 6.42 Å². The molecule has 0 aromatic heterocycles. The van der Waals surface area contributed by atoms with E-state index in [9.17, 15) is 9.59 Å². The third-order valence-electron chi connectivity index (χ3n) is 4.76. The van der Waals surface area contributed by atoms with Gasteiger partial charge in [-0.1, -0.05) is 108 Å². The number of carbonyl (C=O) groups excluding carboxylic acids is 2. The quantitative estimate of drug-likeness (QED) is 0.185. The van der Waals surface area contributed by atoms with Gasteiger partial charge in [0.25, 0.3) is 0 Å². The first-order chi connectivity index (χ1) is 12.2. The van der Waals surface area contributed by atoms with Gasteiger partial charge in [0, 0.05) is 12.0 Å². The molecule has 0 saturated heterocycles. The Labute approximate surface area is 154 Å². The Morgan fingerprint density at radius 3 is 1.68 bits per heavy atom. The fourth-order valence-electron chi connectivity index (χ4n) is 3.16. The van der Waals surface area contributed by atoms with Crippen LogP contribution in [0.25, 0.3) is 0 Å². The van der Waals surface area contributed by atoms with E-state index in [0.717, 1.165) is 12.8 Å². The monoisotopic (exact) mass is 344 g/mol. The van der Waals surface area contributed by atoms with Crippen LogP contribution >= 0.6 is 0 Å². The molecular formula is C23H36O2. The van der Waals surface area contributed by atoms with Crippen molar-refractivity contribution >= 4 is 11.6 Å². The van der Waals surface area contributed by atoms with Gasteiger partial charge in [-0.15, -0.1) is 0 Å².